The van der Waals surface area contributed by atoms with Crippen LogP contribution < -0.4 is 4.74 Å². The van der Waals surface area contributed by atoms with Crippen molar-refractivity contribution in [1.29, 1.82) is 0 Å². The van der Waals surface area contributed by atoms with Crippen LogP contribution in [0.1, 0.15) is 5.56 Å². The van der Waals surface area contributed by atoms with Crippen molar-refractivity contribution < 1.29 is 14.6 Å². The first kappa shape index (κ1) is 9.98. The minimum Gasteiger partial charge on any atom is -0.505 e. The Hall–Kier alpha value is -0.550. The maximum atomic E-state index is 11.1. The van der Waals surface area contributed by atoms with Gasteiger partial charge in [0.25, 0.3) is 0 Å². The van der Waals surface area contributed by atoms with Crippen LogP contribution in [0.25, 0.3) is 0 Å². The summed E-state index contributed by atoms with van der Waals surface area (Å²) in [6.45, 7) is 0.0761. The summed E-state index contributed by atoms with van der Waals surface area (Å²) in [4.78, 5) is 11.1. The molecular formula is C9H6Br2O3. The second-order valence-electron chi connectivity index (χ2n) is 3.01. The van der Waals surface area contributed by atoms with Crippen LogP contribution in [0, 0.1) is 0 Å². The van der Waals surface area contributed by atoms with Crippen LogP contribution in [0.4, 0.5) is 0 Å². The van der Waals surface area contributed by atoms with Crippen molar-refractivity contribution in [2.24, 2.45) is 0 Å². The van der Waals surface area contributed by atoms with E-state index in [1.54, 1.807) is 6.07 Å². The van der Waals surface area contributed by atoms with E-state index in [0.717, 1.165) is 5.56 Å². The highest BCUT2D eigenvalue weighted by Crippen LogP contribution is 2.43. The smallest absolute Gasteiger partial charge is 0.174 e. The van der Waals surface area contributed by atoms with Crippen LogP contribution in [0.5, 0.6) is 11.5 Å². The molecule has 0 saturated heterocycles. The van der Waals surface area contributed by atoms with E-state index in [0.29, 0.717) is 21.1 Å². The number of ether oxygens (including phenoxy) is 1. The molecule has 0 unspecified atom stereocenters. The van der Waals surface area contributed by atoms with E-state index in [9.17, 15) is 9.90 Å². The van der Waals surface area contributed by atoms with Gasteiger partial charge in [0.1, 0.15) is 22.6 Å². The average molecular weight is 322 g/mol. The Labute approximate surface area is 97.3 Å². The molecule has 0 saturated carbocycles. The number of phenolic OH excluding ortho intramolecular Hbond substituents is 1. The first-order valence-electron chi connectivity index (χ1n) is 3.94. The third-order valence-electron chi connectivity index (χ3n) is 1.99. The summed E-state index contributed by atoms with van der Waals surface area (Å²) in [5.74, 6) is 0.699. The lowest BCUT2D eigenvalue weighted by molar-refractivity contribution is -0.121. The number of Topliss-reactive ketones (excluding diaryl/α,β-unsaturated/α-hetero) is 1. The number of halogens is 2. The van der Waals surface area contributed by atoms with Gasteiger partial charge in [0.2, 0.25) is 0 Å². The van der Waals surface area contributed by atoms with Crippen molar-refractivity contribution >= 4 is 37.6 Å². The molecule has 1 aliphatic heterocycles. The number of ketones is 1. The average Bonchev–Trinajstić information content (AvgIpc) is 2.14. The molecule has 74 valence electrons. The number of phenols is 1. The zero-order valence-corrected chi connectivity index (χ0v) is 10.2. The molecule has 0 amide bonds. The van der Waals surface area contributed by atoms with Crippen LogP contribution in [0.3, 0.4) is 0 Å². The summed E-state index contributed by atoms with van der Waals surface area (Å²) in [5, 5.41) is 9.57. The molecule has 1 heterocycles. The molecule has 0 radical (unpaired) electrons. The van der Waals surface area contributed by atoms with Crippen molar-refractivity contribution in [3.05, 3.63) is 20.6 Å². The maximum absolute atomic E-state index is 11.1. The molecule has 2 rings (SSSR count). The molecule has 14 heavy (non-hydrogen) atoms. The molecule has 1 aromatic carbocycles. The van der Waals surface area contributed by atoms with Gasteiger partial charge in [0, 0.05) is 12.0 Å². The number of hydrogen-bond donors (Lipinski definition) is 1. The van der Waals surface area contributed by atoms with Crippen LogP contribution in [0.15, 0.2) is 15.0 Å². The SMILES string of the molecule is O=C1COc2c(cc(Br)c(O)c2Br)C1. The Morgan fingerprint density at radius 2 is 2.14 bits per heavy atom. The molecule has 0 atom stereocenters. The molecule has 0 bridgehead atoms. The van der Waals surface area contributed by atoms with E-state index < -0.39 is 0 Å². The lowest BCUT2D eigenvalue weighted by atomic mass is 10.1. The first-order chi connectivity index (χ1) is 6.59. The molecule has 0 aromatic heterocycles. The third-order valence-corrected chi connectivity index (χ3v) is 3.33. The summed E-state index contributed by atoms with van der Waals surface area (Å²) < 4.78 is 6.28. The Balaban J connectivity index is 2.59. The van der Waals surface area contributed by atoms with Crippen molar-refractivity contribution in [3.63, 3.8) is 0 Å². The van der Waals surface area contributed by atoms with Gasteiger partial charge < -0.3 is 9.84 Å². The summed E-state index contributed by atoms with van der Waals surface area (Å²) in [5.41, 5.74) is 0.790. The highest BCUT2D eigenvalue weighted by atomic mass is 79.9. The molecule has 0 fully saturated rings. The van der Waals surface area contributed by atoms with Gasteiger partial charge in [0.05, 0.1) is 4.47 Å². The number of carbonyl (C=O) groups excluding carboxylic acids is 1. The van der Waals surface area contributed by atoms with E-state index in [4.69, 9.17) is 4.74 Å². The van der Waals surface area contributed by atoms with Crippen LogP contribution in [-0.2, 0) is 11.2 Å². The van der Waals surface area contributed by atoms with Crippen molar-refractivity contribution in [2.75, 3.05) is 6.61 Å². The molecule has 1 N–H and O–H groups in total. The number of benzene rings is 1. The van der Waals surface area contributed by atoms with Crippen molar-refractivity contribution in [2.45, 2.75) is 6.42 Å². The maximum Gasteiger partial charge on any atom is 0.174 e. The second kappa shape index (κ2) is 3.55. The van der Waals surface area contributed by atoms with Gasteiger partial charge in [-0.2, -0.15) is 0 Å². The van der Waals surface area contributed by atoms with Gasteiger partial charge in [-0.25, -0.2) is 0 Å². The zero-order chi connectivity index (χ0) is 10.3. The van der Waals surface area contributed by atoms with Gasteiger partial charge >= 0.3 is 0 Å². The van der Waals surface area contributed by atoms with Crippen LogP contribution >= 0.6 is 31.9 Å². The van der Waals surface area contributed by atoms with Crippen molar-refractivity contribution in [3.8, 4) is 11.5 Å². The Bertz CT molecular complexity index is 415. The zero-order valence-electron chi connectivity index (χ0n) is 7.01. The normalized spacial score (nSPS) is 14.9. The largest absolute Gasteiger partial charge is 0.505 e. The summed E-state index contributed by atoms with van der Waals surface area (Å²) in [6, 6.07) is 1.70. The Morgan fingerprint density at radius 3 is 2.86 bits per heavy atom. The topological polar surface area (TPSA) is 46.5 Å². The summed E-state index contributed by atoms with van der Waals surface area (Å²) in [6.07, 6.45) is 0.354. The van der Waals surface area contributed by atoms with Gasteiger partial charge in [-0.3, -0.25) is 4.79 Å². The van der Waals surface area contributed by atoms with E-state index in [1.165, 1.54) is 0 Å². The number of fused-ring (bicyclic) bond motifs is 1. The molecule has 1 aromatic rings. The molecule has 0 aliphatic carbocycles. The van der Waals surface area contributed by atoms with E-state index in [1.807, 2.05) is 0 Å². The summed E-state index contributed by atoms with van der Waals surface area (Å²) in [7, 11) is 0. The molecule has 1 aliphatic rings. The Kier molecular flexibility index (Phi) is 2.53. The van der Waals surface area contributed by atoms with Gasteiger partial charge in [-0.05, 0) is 37.9 Å². The van der Waals surface area contributed by atoms with Crippen LogP contribution in [0.2, 0.25) is 0 Å². The first-order valence-corrected chi connectivity index (χ1v) is 5.52. The number of carbonyl (C=O) groups is 1. The van der Waals surface area contributed by atoms with E-state index in [2.05, 4.69) is 31.9 Å². The Morgan fingerprint density at radius 1 is 1.43 bits per heavy atom. The van der Waals surface area contributed by atoms with Crippen LogP contribution in [-0.4, -0.2) is 17.5 Å². The monoisotopic (exact) mass is 320 g/mol. The minimum absolute atomic E-state index is 0.0435. The van der Waals surface area contributed by atoms with Crippen molar-refractivity contribution in [1.82, 2.24) is 0 Å². The highest BCUT2D eigenvalue weighted by Gasteiger charge is 2.22. The van der Waals surface area contributed by atoms with E-state index >= 15 is 0 Å². The molecule has 0 spiro atoms. The fourth-order valence-electron chi connectivity index (χ4n) is 1.34. The number of hydrogen-bond acceptors (Lipinski definition) is 3. The van der Waals surface area contributed by atoms with Gasteiger partial charge in [-0.1, -0.05) is 0 Å². The lowest BCUT2D eigenvalue weighted by Crippen LogP contribution is -2.20. The third kappa shape index (κ3) is 1.54. The lowest BCUT2D eigenvalue weighted by Gasteiger charge is -2.18. The number of aromatic hydroxyl groups is 1. The standard InChI is InChI=1S/C9H6Br2O3/c10-6-2-4-1-5(12)3-14-9(4)7(11)8(6)13/h2,13H,1,3H2. The minimum atomic E-state index is 0.0435. The fraction of sp³-hybridized carbons (Fsp3) is 0.222. The summed E-state index contributed by atoms with van der Waals surface area (Å²) >= 11 is 6.42. The molecule has 3 nitrogen and oxygen atoms in total. The molecular weight excluding hydrogens is 316 g/mol. The quantitative estimate of drug-likeness (QED) is 0.798. The van der Waals surface area contributed by atoms with Gasteiger partial charge in [-0.15, -0.1) is 0 Å². The fourth-order valence-corrected chi connectivity index (χ4v) is 2.67. The highest BCUT2D eigenvalue weighted by molar-refractivity contribution is 9.11. The second-order valence-corrected chi connectivity index (χ2v) is 4.66. The van der Waals surface area contributed by atoms with Gasteiger partial charge in [0.15, 0.2) is 5.78 Å². The molecule has 5 heteroatoms. The predicted molar refractivity (Wildman–Crippen MR) is 57.7 cm³/mol. The van der Waals surface area contributed by atoms with E-state index in [-0.39, 0.29) is 18.1 Å². The number of rotatable bonds is 0. The predicted octanol–water partition coefficient (Wildman–Crippen LogP) is 2.42.